The first-order chi connectivity index (χ1) is 12.3. The topological polar surface area (TPSA) is 33.3 Å². The Bertz CT molecular complexity index is 823. The van der Waals surface area contributed by atoms with Crippen LogP contribution in [0.2, 0.25) is 5.02 Å². The zero-order chi connectivity index (χ0) is 19.3. The summed E-state index contributed by atoms with van der Waals surface area (Å²) in [6.07, 6.45) is 5.39. The van der Waals surface area contributed by atoms with Gasteiger partial charge in [-0.3, -0.25) is 4.79 Å². The Hall–Kier alpha value is -2.04. The fourth-order valence-corrected chi connectivity index (χ4v) is 3.07. The summed E-state index contributed by atoms with van der Waals surface area (Å²) in [5.41, 5.74) is 1.63. The third-order valence-corrected chi connectivity index (χ3v) is 4.70. The predicted molar refractivity (Wildman–Crippen MR) is 110 cm³/mol. The van der Waals surface area contributed by atoms with Crippen LogP contribution in [0.15, 0.2) is 66.4 Å². The first-order valence-electron chi connectivity index (χ1n) is 8.38. The summed E-state index contributed by atoms with van der Waals surface area (Å²) in [4.78, 5) is 17.5. The number of pyridine rings is 1. The zero-order valence-corrected chi connectivity index (χ0v) is 16.8. The highest BCUT2D eigenvalue weighted by Crippen LogP contribution is 2.22. The Labute approximate surface area is 165 Å². The van der Waals surface area contributed by atoms with Gasteiger partial charge < -0.3 is 17.6 Å². The van der Waals surface area contributed by atoms with E-state index in [1.54, 1.807) is 34.9 Å². The first-order valence-corrected chi connectivity index (χ1v) is 9.16. The van der Waals surface area contributed by atoms with Crippen molar-refractivity contribution in [3.8, 4) is 0 Å². The molecule has 2 aromatic rings. The molecule has 5 heteroatoms. The average Bonchev–Trinajstić information content (AvgIpc) is 2.60. The molecule has 0 bridgehead atoms. The Balaban J connectivity index is 2.50. The molecule has 1 aromatic carbocycles. The maximum atomic E-state index is 13.2. The SMILES string of the molecule is C=CCN=C([S-])[C@H](C(=O)c1ccccc1Cl)[n+]1ccc(C(C)(C)C)cc1. The van der Waals surface area contributed by atoms with E-state index < -0.39 is 6.04 Å². The lowest BCUT2D eigenvalue weighted by Crippen LogP contribution is -2.48. The van der Waals surface area contributed by atoms with Crippen LogP contribution in [0.3, 0.4) is 0 Å². The van der Waals surface area contributed by atoms with Gasteiger partial charge in [-0.25, -0.2) is 0 Å². The highest BCUT2D eigenvalue weighted by molar-refractivity contribution is 7.77. The molecular weight excluding hydrogens is 364 g/mol. The second-order valence-electron chi connectivity index (χ2n) is 7.00. The number of rotatable bonds is 6. The van der Waals surface area contributed by atoms with Gasteiger partial charge in [0.05, 0.1) is 11.6 Å². The van der Waals surface area contributed by atoms with Crippen LogP contribution in [-0.2, 0) is 18.0 Å². The minimum atomic E-state index is -0.723. The number of aromatic nitrogens is 1. The number of nitrogens with zero attached hydrogens (tertiary/aromatic N) is 2. The number of ketones is 1. The zero-order valence-electron chi connectivity index (χ0n) is 15.3. The molecule has 136 valence electrons. The van der Waals surface area contributed by atoms with Crippen molar-refractivity contribution in [2.45, 2.75) is 32.2 Å². The Morgan fingerprint density at radius 3 is 2.42 bits per heavy atom. The largest absolute Gasteiger partial charge is 0.758 e. The van der Waals surface area contributed by atoms with Crippen molar-refractivity contribution in [1.82, 2.24) is 0 Å². The van der Waals surface area contributed by atoms with Crippen LogP contribution in [0.5, 0.6) is 0 Å². The third-order valence-electron chi connectivity index (χ3n) is 4.01. The van der Waals surface area contributed by atoms with Gasteiger partial charge in [0.2, 0.25) is 11.8 Å². The summed E-state index contributed by atoms with van der Waals surface area (Å²) < 4.78 is 1.79. The molecule has 2 rings (SSSR count). The van der Waals surface area contributed by atoms with E-state index in [1.165, 1.54) is 5.56 Å². The van der Waals surface area contributed by atoms with Gasteiger partial charge in [-0.05, 0) is 28.2 Å². The molecule has 0 fully saturated rings. The Morgan fingerprint density at radius 1 is 1.27 bits per heavy atom. The molecule has 1 aromatic heterocycles. The van der Waals surface area contributed by atoms with Crippen LogP contribution in [0, 0.1) is 0 Å². The number of halogens is 1. The van der Waals surface area contributed by atoms with Gasteiger partial charge in [0.25, 0.3) is 0 Å². The summed E-state index contributed by atoms with van der Waals surface area (Å²) in [5, 5.41) is 0.712. The quantitative estimate of drug-likeness (QED) is 0.183. The Morgan fingerprint density at radius 2 is 1.88 bits per heavy atom. The molecule has 1 atom stereocenters. The number of carbonyl (C=O) groups excluding carboxylic acids is 1. The highest BCUT2D eigenvalue weighted by Gasteiger charge is 2.30. The monoisotopic (exact) mass is 386 g/mol. The maximum Gasteiger partial charge on any atom is 0.237 e. The standard InChI is InChI=1S/C21H23ClN2OS/c1-5-12-23-20(26)18(19(25)16-8-6-7-9-17(16)22)24-13-10-15(11-14-24)21(2,3)4/h5-11,13-14,18H,1,12H2,2-4H3/t18-/m0/s1. The van der Waals surface area contributed by atoms with Gasteiger partial charge in [0.1, 0.15) is 0 Å². The number of hydrogen-bond donors (Lipinski definition) is 0. The summed E-state index contributed by atoms with van der Waals surface area (Å²) >= 11 is 11.7. The molecule has 0 unspecified atom stereocenters. The van der Waals surface area contributed by atoms with E-state index in [0.717, 1.165) is 0 Å². The number of carbonyl (C=O) groups is 1. The predicted octanol–water partition coefficient (Wildman–Crippen LogP) is 4.48. The van der Waals surface area contributed by atoms with Crippen molar-refractivity contribution < 1.29 is 9.36 Å². The summed E-state index contributed by atoms with van der Waals surface area (Å²) in [6, 6.07) is 10.3. The molecule has 0 aliphatic rings. The van der Waals surface area contributed by atoms with Crippen LogP contribution in [0.1, 0.15) is 42.7 Å². The molecule has 0 saturated heterocycles. The lowest BCUT2D eigenvalue weighted by atomic mass is 9.88. The lowest BCUT2D eigenvalue weighted by Gasteiger charge is -2.21. The van der Waals surface area contributed by atoms with Gasteiger partial charge in [-0.1, -0.05) is 50.6 Å². The van der Waals surface area contributed by atoms with Crippen molar-refractivity contribution >= 4 is 35.1 Å². The van der Waals surface area contributed by atoms with Gasteiger partial charge in [0, 0.05) is 17.7 Å². The molecule has 0 spiro atoms. The van der Waals surface area contributed by atoms with Crippen molar-refractivity contribution in [2.75, 3.05) is 6.54 Å². The van der Waals surface area contributed by atoms with E-state index >= 15 is 0 Å². The van der Waals surface area contributed by atoms with Crippen molar-refractivity contribution in [3.63, 3.8) is 0 Å². The van der Waals surface area contributed by atoms with Crippen molar-refractivity contribution in [1.29, 1.82) is 0 Å². The third kappa shape index (κ3) is 4.77. The fourth-order valence-electron chi connectivity index (χ4n) is 2.53. The average molecular weight is 387 g/mol. The van der Waals surface area contributed by atoms with Gasteiger partial charge >= 0.3 is 0 Å². The fraction of sp³-hybridized carbons (Fsp3) is 0.286. The van der Waals surface area contributed by atoms with E-state index in [4.69, 9.17) is 24.2 Å². The Kier molecular flexibility index (Phi) is 6.68. The van der Waals surface area contributed by atoms with Gasteiger partial charge in [0.15, 0.2) is 12.4 Å². The highest BCUT2D eigenvalue weighted by atomic mass is 35.5. The number of Topliss-reactive ketones (excluding diaryl/α,β-unsaturated/α-hetero) is 1. The second kappa shape index (κ2) is 8.56. The normalized spacial score (nSPS) is 13.3. The molecule has 0 aliphatic heterocycles. The van der Waals surface area contributed by atoms with Crippen molar-refractivity contribution in [3.05, 3.63) is 77.6 Å². The number of aliphatic imine (C=N–C) groups is 1. The van der Waals surface area contributed by atoms with Gasteiger partial charge in [-0.15, -0.1) is 6.58 Å². The van der Waals surface area contributed by atoms with Crippen LogP contribution in [0.4, 0.5) is 0 Å². The molecule has 1 heterocycles. The van der Waals surface area contributed by atoms with Crippen LogP contribution >= 0.6 is 11.6 Å². The molecule has 3 nitrogen and oxygen atoms in total. The molecular formula is C21H23ClN2OS. The number of hydrogen-bond acceptors (Lipinski definition) is 3. The van der Waals surface area contributed by atoms with E-state index in [-0.39, 0.29) is 11.2 Å². The molecule has 0 N–H and O–H groups in total. The minimum Gasteiger partial charge on any atom is -0.758 e. The van der Waals surface area contributed by atoms with Crippen molar-refractivity contribution in [2.24, 2.45) is 4.99 Å². The lowest BCUT2D eigenvalue weighted by molar-refractivity contribution is -0.692. The van der Waals surface area contributed by atoms with Crippen LogP contribution in [0.25, 0.3) is 0 Å². The second-order valence-corrected chi connectivity index (χ2v) is 7.82. The summed E-state index contributed by atoms with van der Waals surface area (Å²) in [5.74, 6) is -0.179. The van der Waals surface area contributed by atoms with Crippen LogP contribution < -0.4 is 4.57 Å². The molecule has 26 heavy (non-hydrogen) atoms. The molecule has 0 amide bonds. The minimum absolute atomic E-state index is 0.0229. The van der Waals surface area contributed by atoms with E-state index in [2.05, 4.69) is 32.3 Å². The maximum absolute atomic E-state index is 13.2. The first kappa shape index (κ1) is 20.3. The summed E-state index contributed by atoms with van der Waals surface area (Å²) in [6.45, 7) is 10.4. The van der Waals surface area contributed by atoms with E-state index in [1.807, 2.05) is 24.5 Å². The molecule has 0 aliphatic carbocycles. The summed E-state index contributed by atoms with van der Waals surface area (Å²) in [7, 11) is 0. The molecule has 0 radical (unpaired) electrons. The van der Waals surface area contributed by atoms with E-state index in [0.29, 0.717) is 22.2 Å². The molecule has 0 saturated carbocycles. The van der Waals surface area contributed by atoms with Gasteiger partial charge in [-0.2, -0.15) is 4.57 Å². The van der Waals surface area contributed by atoms with Crippen LogP contribution in [-0.4, -0.2) is 17.4 Å². The van der Waals surface area contributed by atoms with E-state index in [9.17, 15) is 4.79 Å². The number of benzene rings is 1. The smallest absolute Gasteiger partial charge is 0.237 e.